The lowest BCUT2D eigenvalue weighted by atomic mass is 9.71. The van der Waals surface area contributed by atoms with Gasteiger partial charge in [0, 0.05) is 5.41 Å². The van der Waals surface area contributed by atoms with Crippen molar-refractivity contribution in [3.05, 3.63) is 0 Å². The van der Waals surface area contributed by atoms with Gasteiger partial charge in [0.05, 0.1) is 24.9 Å². The number of rotatable bonds is 5. The van der Waals surface area contributed by atoms with Gasteiger partial charge in [-0.05, 0) is 50.9 Å². The average Bonchev–Trinajstić information content (AvgIpc) is 3.20. The van der Waals surface area contributed by atoms with Crippen LogP contribution in [0.5, 0.6) is 0 Å². The molecule has 3 aliphatic rings. The molecule has 3 rings (SSSR count). The fraction of sp³-hybridized carbons (Fsp3) is 1.00. The van der Waals surface area contributed by atoms with E-state index in [1.54, 1.807) is 0 Å². The summed E-state index contributed by atoms with van der Waals surface area (Å²) in [5.74, 6) is 0.487. The van der Waals surface area contributed by atoms with Crippen LogP contribution in [0.1, 0.15) is 70.6 Å². The van der Waals surface area contributed by atoms with Crippen molar-refractivity contribution in [3.8, 4) is 0 Å². The first-order valence-corrected chi connectivity index (χ1v) is 8.62. The lowest BCUT2D eigenvalue weighted by molar-refractivity contribution is -0.0836. The monoisotopic (exact) mass is 282 g/mol. The number of hydrogen-bond acceptors (Lipinski definition) is 3. The quantitative estimate of drug-likeness (QED) is 0.815. The Morgan fingerprint density at radius 1 is 0.900 bits per heavy atom. The van der Waals surface area contributed by atoms with Crippen LogP contribution < -0.4 is 0 Å². The molecular formula is C17H30O3. The molecular weight excluding hydrogens is 252 g/mol. The van der Waals surface area contributed by atoms with Crippen molar-refractivity contribution in [2.24, 2.45) is 11.3 Å². The van der Waals surface area contributed by atoms with Gasteiger partial charge in [0.2, 0.25) is 0 Å². The fourth-order valence-electron chi connectivity index (χ4n) is 5.02. The van der Waals surface area contributed by atoms with Gasteiger partial charge in [-0.1, -0.05) is 25.7 Å². The van der Waals surface area contributed by atoms with Gasteiger partial charge >= 0.3 is 0 Å². The highest BCUT2D eigenvalue weighted by Crippen LogP contribution is 2.49. The molecule has 3 heteroatoms. The molecule has 3 fully saturated rings. The molecule has 0 radical (unpaired) electrons. The summed E-state index contributed by atoms with van der Waals surface area (Å²) in [6.07, 6.45) is 13.3. The molecule has 1 aliphatic heterocycles. The SMILES string of the molecule is OCC(CO)(CC1CCC2(CCCC2)O1)C1CCCC1. The van der Waals surface area contributed by atoms with Gasteiger partial charge in [-0.15, -0.1) is 0 Å². The van der Waals surface area contributed by atoms with Crippen LogP contribution in [0, 0.1) is 11.3 Å². The van der Waals surface area contributed by atoms with E-state index in [-0.39, 0.29) is 30.3 Å². The minimum absolute atomic E-state index is 0.112. The van der Waals surface area contributed by atoms with Gasteiger partial charge < -0.3 is 14.9 Å². The molecule has 0 aromatic rings. The predicted octanol–water partition coefficient (Wildman–Crippen LogP) is 3.03. The third kappa shape index (κ3) is 2.65. The first kappa shape index (κ1) is 14.8. The van der Waals surface area contributed by atoms with E-state index in [2.05, 4.69) is 0 Å². The molecule has 1 saturated heterocycles. The van der Waals surface area contributed by atoms with Crippen LogP contribution in [0.4, 0.5) is 0 Å². The molecule has 0 amide bonds. The second-order valence-electron chi connectivity index (χ2n) is 7.53. The second-order valence-corrected chi connectivity index (χ2v) is 7.53. The first-order valence-electron chi connectivity index (χ1n) is 8.62. The van der Waals surface area contributed by atoms with Crippen LogP contribution in [0.15, 0.2) is 0 Å². The summed E-state index contributed by atoms with van der Waals surface area (Å²) >= 11 is 0. The fourth-order valence-corrected chi connectivity index (χ4v) is 5.02. The Morgan fingerprint density at radius 3 is 2.15 bits per heavy atom. The van der Waals surface area contributed by atoms with Crippen LogP contribution >= 0.6 is 0 Å². The van der Waals surface area contributed by atoms with Crippen LogP contribution in [-0.4, -0.2) is 35.1 Å². The molecule has 20 heavy (non-hydrogen) atoms. The maximum absolute atomic E-state index is 9.94. The molecule has 0 aromatic carbocycles. The molecule has 1 spiro atoms. The largest absolute Gasteiger partial charge is 0.396 e. The lowest BCUT2D eigenvalue weighted by Crippen LogP contribution is -2.40. The highest BCUT2D eigenvalue weighted by molar-refractivity contribution is 4.97. The molecule has 2 saturated carbocycles. The van der Waals surface area contributed by atoms with E-state index in [0.29, 0.717) is 5.92 Å². The average molecular weight is 282 g/mol. The summed E-state index contributed by atoms with van der Waals surface area (Å²) in [4.78, 5) is 0. The van der Waals surface area contributed by atoms with E-state index in [0.717, 1.165) is 12.8 Å². The van der Waals surface area contributed by atoms with Crippen molar-refractivity contribution in [2.45, 2.75) is 82.3 Å². The second kappa shape index (κ2) is 5.94. The molecule has 1 atom stereocenters. The predicted molar refractivity (Wildman–Crippen MR) is 78.5 cm³/mol. The van der Waals surface area contributed by atoms with Crippen molar-refractivity contribution in [3.63, 3.8) is 0 Å². The maximum atomic E-state index is 9.94. The Balaban J connectivity index is 1.64. The van der Waals surface area contributed by atoms with Crippen LogP contribution in [0.3, 0.4) is 0 Å². The Labute approximate surface area is 122 Å². The van der Waals surface area contributed by atoms with E-state index in [9.17, 15) is 10.2 Å². The van der Waals surface area contributed by atoms with Gasteiger partial charge in [0.1, 0.15) is 0 Å². The number of hydrogen-bond donors (Lipinski definition) is 2. The van der Waals surface area contributed by atoms with Crippen molar-refractivity contribution in [1.29, 1.82) is 0 Å². The molecule has 2 N–H and O–H groups in total. The van der Waals surface area contributed by atoms with Crippen LogP contribution in [0.2, 0.25) is 0 Å². The zero-order valence-corrected chi connectivity index (χ0v) is 12.6. The number of aliphatic hydroxyl groups excluding tert-OH is 2. The van der Waals surface area contributed by atoms with Crippen molar-refractivity contribution >= 4 is 0 Å². The minimum Gasteiger partial charge on any atom is -0.396 e. The van der Waals surface area contributed by atoms with Crippen LogP contribution in [-0.2, 0) is 4.74 Å². The number of aliphatic hydroxyl groups is 2. The maximum Gasteiger partial charge on any atom is 0.0687 e. The summed E-state index contributed by atoms with van der Waals surface area (Å²) < 4.78 is 6.41. The van der Waals surface area contributed by atoms with Gasteiger partial charge in [0.15, 0.2) is 0 Å². The molecule has 116 valence electrons. The number of ether oxygens (including phenoxy) is 1. The van der Waals surface area contributed by atoms with Gasteiger partial charge in [-0.2, -0.15) is 0 Å². The van der Waals surface area contributed by atoms with Gasteiger partial charge in [-0.3, -0.25) is 0 Å². The Kier molecular flexibility index (Phi) is 4.40. The first-order chi connectivity index (χ1) is 9.72. The summed E-state index contributed by atoms with van der Waals surface area (Å²) in [6.45, 7) is 0.224. The molecule has 2 aliphatic carbocycles. The van der Waals surface area contributed by atoms with Crippen molar-refractivity contribution < 1.29 is 14.9 Å². The van der Waals surface area contributed by atoms with E-state index >= 15 is 0 Å². The zero-order chi connectivity index (χ0) is 14.1. The van der Waals surface area contributed by atoms with E-state index in [4.69, 9.17) is 4.74 Å². The third-order valence-corrected chi connectivity index (χ3v) is 6.34. The van der Waals surface area contributed by atoms with E-state index in [1.165, 1.54) is 57.8 Å². The third-order valence-electron chi connectivity index (χ3n) is 6.34. The van der Waals surface area contributed by atoms with Crippen molar-refractivity contribution in [2.75, 3.05) is 13.2 Å². The van der Waals surface area contributed by atoms with Gasteiger partial charge in [0.25, 0.3) is 0 Å². The minimum atomic E-state index is -0.300. The standard InChI is InChI=1S/C17H30O3/c18-12-16(13-19,14-5-1-2-6-14)11-15-7-10-17(20-15)8-3-4-9-17/h14-15,18-19H,1-13H2. The summed E-state index contributed by atoms with van der Waals surface area (Å²) in [5, 5.41) is 19.9. The normalized spacial score (nSPS) is 30.6. The summed E-state index contributed by atoms with van der Waals surface area (Å²) in [5.41, 5.74) is -0.137. The Bertz CT molecular complexity index is 312. The summed E-state index contributed by atoms with van der Waals surface area (Å²) in [7, 11) is 0. The van der Waals surface area contributed by atoms with E-state index in [1.807, 2.05) is 0 Å². The Morgan fingerprint density at radius 2 is 1.55 bits per heavy atom. The summed E-state index contributed by atoms with van der Waals surface area (Å²) in [6, 6.07) is 0. The highest BCUT2D eigenvalue weighted by Gasteiger charge is 2.47. The smallest absolute Gasteiger partial charge is 0.0687 e. The van der Waals surface area contributed by atoms with Gasteiger partial charge in [-0.25, -0.2) is 0 Å². The molecule has 3 nitrogen and oxygen atoms in total. The molecule has 1 heterocycles. The molecule has 0 bridgehead atoms. The van der Waals surface area contributed by atoms with Crippen molar-refractivity contribution in [1.82, 2.24) is 0 Å². The Hall–Kier alpha value is -0.120. The van der Waals surface area contributed by atoms with E-state index < -0.39 is 0 Å². The lowest BCUT2D eigenvalue weighted by Gasteiger charge is -2.38. The highest BCUT2D eigenvalue weighted by atomic mass is 16.5. The van der Waals surface area contributed by atoms with Crippen LogP contribution in [0.25, 0.3) is 0 Å². The zero-order valence-electron chi connectivity index (χ0n) is 12.6. The topological polar surface area (TPSA) is 49.7 Å². The molecule has 1 unspecified atom stereocenters. The molecule has 0 aromatic heterocycles.